The van der Waals surface area contributed by atoms with Gasteiger partial charge in [-0.3, -0.25) is 9.59 Å². The van der Waals surface area contributed by atoms with E-state index in [1.165, 1.54) is 0 Å². The fraction of sp³-hybridized carbons (Fsp3) is 0.500. The molecule has 0 N–H and O–H groups in total. The molecule has 1 saturated carbocycles. The van der Waals surface area contributed by atoms with E-state index in [-0.39, 0.29) is 11.8 Å². The van der Waals surface area contributed by atoms with E-state index in [0.717, 1.165) is 50.5 Å². The molecule has 130 valence electrons. The summed E-state index contributed by atoms with van der Waals surface area (Å²) in [6.45, 7) is 1.48. The minimum Gasteiger partial charge on any atom is -0.451 e. The average molecular weight is 338 g/mol. The van der Waals surface area contributed by atoms with Crippen LogP contribution in [0.15, 0.2) is 34.7 Å². The van der Waals surface area contributed by atoms with Crippen LogP contribution in [0.3, 0.4) is 0 Å². The van der Waals surface area contributed by atoms with Crippen LogP contribution in [0.1, 0.15) is 49.1 Å². The first-order valence-corrected chi connectivity index (χ1v) is 9.31. The van der Waals surface area contributed by atoms with E-state index < -0.39 is 5.54 Å². The highest BCUT2D eigenvalue weighted by atomic mass is 16.3. The molecule has 3 aliphatic rings. The van der Waals surface area contributed by atoms with Crippen molar-refractivity contribution in [3.8, 4) is 0 Å². The van der Waals surface area contributed by atoms with Crippen LogP contribution in [-0.2, 0) is 4.79 Å². The number of carbonyl (C=O) groups is 2. The maximum atomic E-state index is 13.3. The summed E-state index contributed by atoms with van der Waals surface area (Å²) < 4.78 is 5.78. The van der Waals surface area contributed by atoms with Crippen molar-refractivity contribution in [1.29, 1.82) is 0 Å². The molecule has 5 heteroatoms. The lowest BCUT2D eigenvalue weighted by molar-refractivity contribution is -0.146. The summed E-state index contributed by atoms with van der Waals surface area (Å²) in [5.41, 5.74) is 0.0744. The second-order valence-corrected chi connectivity index (χ2v) is 7.57. The van der Waals surface area contributed by atoms with Crippen LogP contribution in [0, 0.1) is 0 Å². The molecule has 5 rings (SSSR count). The minimum absolute atomic E-state index is 0.139. The molecule has 3 heterocycles. The van der Waals surface area contributed by atoms with Crippen LogP contribution >= 0.6 is 0 Å². The largest absolute Gasteiger partial charge is 0.451 e. The van der Waals surface area contributed by atoms with Crippen molar-refractivity contribution < 1.29 is 14.0 Å². The van der Waals surface area contributed by atoms with Gasteiger partial charge in [0.25, 0.3) is 5.91 Å². The summed E-state index contributed by atoms with van der Waals surface area (Å²) in [4.78, 5) is 30.3. The number of benzene rings is 1. The van der Waals surface area contributed by atoms with Gasteiger partial charge in [-0.05, 0) is 50.7 Å². The van der Waals surface area contributed by atoms with Gasteiger partial charge in [-0.25, -0.2) is 0 Å². The molecule has 0 bridgehead atoms. The molecule has 2 saturated heterocycles. The lowest BCUT2D eigenvalue weighted by Gasteiger charge is -2.44. The Morgan fingerprint density at radius 2 is 1.88 bits per heavy atom. The number of hydrogen-bond donors (Lipinski definition) is 0. The summed E-state index contributed by atoms with van der Waals surface area (Å²) >= 11 is 0. The Morgan fingerprint density at radius 3 is 2.64 bits per heavy atom. The molecule has 1 unspecified atom stereocenters. The molecule has 2 aromatic rings. The van der Waals surface area contributed by atoms with Crippen molar-refractivity contribution in [2.45, 2.75) is 50.1 Å². The van der Waals surface area contributed by atoms with Crippen LogP contribution in [0.5, 0.6) is 0 Å². The molecule has 5 nitrogen and oxygen atoms in total. The maximum Gasteiger partial charge on any atom is 0.290 e. The second-order valence-electron chi connectivity index (χ2n) is 7.57. The third-order valence-corrected chi connectivity index (χ3v) is 6.01. The van der Waals surface area contributed by atoms with Crippen molar-refractivity contribution in [3.63, 3.8) is 0 Å². The number of para-hydroxylation sites is 1. The number of amides is 2. The number of rotatable bonds is 2. The van der Waals surface area contributed by atoms with Crippen molar-refractivity contribution in [1.82, 2.24) is 9.80 Å². The van der Waals surface area contributed by atoms with Gasteiger partial charge < -0.3 is 14.2 Å². The zero-order valence-corrected chi connectivity index (χ0v) is 14.2. The van der Waals surface area contributed by atoms with Gasteiger partial charge in [0.05, 0.1) is 0 Å². The molecular weight excluding hydrogens is 316 g/mol. The number of carbonyl (C=O) groups excluding carboxylic acids is 2. The molecule has 0 radical (unpaired) electrons. The van der Waals surface area contributed by atoms with Gasteiger partial charge in [-0.2, -0.15) is 0 Å². The first-order chi connectivity index (χ1) is 12.2. The molecule has 1 spiro atoms. The molecule has 2 aliphatic heterocycles. The molecule has 1 aromatic carbocycles. The number of fused-ring (bicyclic) bond motifs is 1. The smallest absolute Gasteiger partial charge is 0.290 e. The number of furan rings is 1. The van der Waals surface area contributed by atoms with Crippen LogP contribution in [0.4, 0.5) is 0 Å². The van der Waals surface area contributed by atoms with E-state index in [4.69, 9.17) is 4.42 Å². The van der Waals surface area contributed by atoms with E-state index in [0.29, 0.717) is 23.9 Å². The Balaban J connectivity index is 1.49. The first kappa shape index (κ1) is 15.0. The van der Waals surface area contributed by atoms with Gasteiger partial charge in [0.15, 0.2) is 5.76 Å². The third kappa shape index (κ3) is 2.21. The standard InChI is InChI=1S/C20H22N2O3/c23-18(17-13-14-5-1-2-6-16(14)25-17)22-12-4-10-20(22)9-3-11-21(19(20)24)15-7-8-15/h1-2,5-6,13,15H,3-4,7-12H2. The van der Waals surface area contributed by atoms with Gasteiger partial charge in [-0.15, -0.1) is 0 Å². The summed E-state index contributed by atoms with van der Waals surface area (Å²) in [5, 5.41) is 0.925. The van der Waals surface area contributed by atoms with Crippen molar-refractivity contribution in [3.05, 3.63) is 36.1 Å². The SMILES string of the molecule is O=C(c1cc2ccccc2o1)N1CCCC12CCCN(C1CC1)C2=O. The van der Waals surface area contributed by atoms with Crippen molar-refractivity contribution in [2.75, 3.05) is 13.1 Å². The van der Waals surface area contributed by atoms with Gasteiger partial charge >= 0.3 is 0 Å². The molecular formula is C20H22N2O3. The minimum atomic E-state index is -0.642. The van der Waals surface area contributed by atoms with Gasteiger partial charge in [0.1, 0.15) is 11.1 Å². The summed E-state index contributed by atoms with van der Waals surface area (Å²) in [5.74, 6) is 0.377. The highest BCUT2D eigenvalue weighted by molar-refractivity contribution is 6.00. The Labute approximate surface area is 146 Å². The summed E-state index contributed by atoms with van der Waals surface area (Å²) in [6, 6.07) is 9.85. The Kier molecular flexibility index (Phi) is 3.21. The van der Waals surface area contributed by atoms with Gasteiger partial charge in [-0.1, -0.05) is 18.2 Å². The van der Waals surface area contributed by atoms with Crippen LogP contribution < -0.4 is 0 Å². The normalized spacial score (nSPS) is 26.8. The van der Waals surface area contributed by atoms with Crippen molar-refractivity contribution >= 4 is 22.8 Å². The lowest BCUT2D eigenvalue weighted by Crippen LogP contribution is -2.61. The van der Waals surface area contributed by atoms with Crippen LogP contribution in [0.25, 0.3) is 11.0 Å². The van der Waals surface area contributed by atoms with Gasteiger partial charge in [0, 0.05) is 24.5 Å². The van der Waals surface area contributed by atoms with E-state index >= 15 is 0 Å². The first-order valence-electron chi connectivity index (χ1n) is 9.31. The zero-order chi connectivity index (χ0) is 17.0. The fourth-order valence-electron chi connectivity index (χ4n) is 4.63. The number of nitrogens with zero attached hydrogens (tertiary/aromatic N) is 2. The molecule has 2 amide bonds. The topological polar surface area (TPSA) is 53.8 Å². The quantitative estimate of drug-likeness (QED) is 0.845. The average Bonchev–Trinajstić information content (AvgIpc) is 3.23. The maximum absolute atomic E-state index is 13.3. The third-order valence-electron chi connectivity index (χ3n) is 6.01. The Bertz CT molecular complexity index is 820. The Hall–Kier alpha value is -2.30. The fourth-order valence-corrected chi connectivity index (χ4v) is 4.63. The number of hydrogen-bond acceptors (Lipinski definition) is 3. The summed E-state index contributed by atoms with van der Waals surface area (Å²) in [6.07, 6.45) is 5.64. The van der Waals surface area contributed by atoms with Crippen LogP contribution in [-0.4, -0.2) is 46.3 Å². The lowest BCUT2D eigenvalue weighted by atomic mass is 9.85. The molecule has 25 heavy (non-hydrogen) atoms. The van der Waals surface area contributed by atoms with E-state index in [9.17, 15) is 9.59 Å². The van der Waals surface area contributed by atoms with Crippen LogP contribution in [0.2, 0.25) is 0 Å². The molecule has 1 aromatic heterocycles. The highest BCUT2D eigenvalue weighted by Crippen LogP contribution is 2.42. The molecule has 1 atom stereocenters. The van der Waals surface area contributed by atoms with Gasteiger partial charge in [0.2, 0.25) is 5.91 Å². The van der Waals surface area contributed by atoms with E-state index in [1.807, 2.05) is 34.1 Å². The van der Waals surface area contributed by atoms with E-state index in [1.54, 1.807) is 6.07 Å². The summed E-state index contributed by atoms with van der Waals surface area (Å²) in [7, 11) is 0. The predicted molar refractivity (Wildman–Crippen MR) is 93.2 cm³/mol. The zero-order valence-electron chi connectivity index (χ0n) is 14.2. The van der Waals surface area contributed by atoms with Crippen molar-refractivity contribution in [2.24, 2.45) is 0 Å². The number of likely N-dealkylation sites (tertiary alicyclic amines) is 2. The Morgan fingerprint density at radius 1 is 1.12 bits per heavy atom. The van der Waals surface area contributed by atoms with E-state index in [2.05, 4.69) is 0 Å². The molecule has 1 aliphatic carbocycles. The predicted octanol–water partition coefficient (Wildman–Crippen LogP) is 3.19. The monoisotopic (exact) mass is 338 g/mol. The number of piperidine rings is 1. The highest BCUT2D eigenvalue weighted by Gasteiger charge is 2.55. The molecule has 3 fully saturated rings. The second kappa shape index (κ2) is 5.35.